The number of fused-ring (bicyclic) bond motifs is 1. The van der Waals surface area contributed by atoms with Crippen LogP contribution in [0.5, 0.6) is 5.75 Å². The number of carbonyl (C=O) groups is 1. The second kappa shape index (κ2) is 10.9. The van der Waals surface area contributed by atoms with Gasteiger partial charge in [0.1, 0.15) is 11.6 Å². The number of ether oxygens (including phenoxy) is 1. The molecule has 0 atom stereocenters. The molecule has 2 aromatic heterocycles. The third-order valence-electron chi connectivity index (χ3n) is 5.49. The van der Waals surface area contributed by atoms with Crippen molar-refractivity contribution in [3.05, 3.63) is 56.5 Å². The minimum atomic E-state index is -0.445. The number of aromatic amines is 1. The number of aromatic nitrogens is 4. The molecule has 32 heavy (non-hydrogen) atoms. The Labute approximate surface area is 187 Å². The van der Waals surface area contributed by atoms with Crippen LogP contribution < -0.4 is 16.0 Å². The molecule has 0 amide bonds. The minimum Gasteiger partial charge on any atom is -0.427 e. The van der Waals surface area contributed by atoms with Crippen molar-refractivity contribution >= 4 is 17.1 Å². The average Bonchev–Trinajstić information content (AvgIpc) is 3.13. The highest BCUT2D eigenvalue weighted by Gasteiger charge is 2.19. The summed E-state index contributed by atoms with van der Waals surface area (Å²) < 4.78 is 8.82. The normalized spacial score (nSPS) is 11.2. The first kappa shape index (κ1) is 23.5. The summed E-state index contributed by atoms with van der Waals surface area (Å²) in [4.78, 5) is 44.6. The molecular formula is C24H32N4O4. The van der Waals surface area contributed by atoms with Gasteiger partial charge in [-0.1, -0.05) is 50.8 Å². The highest BCUT2D eigenvalue weighted by molar-refractivity contribution is 5.74. The molecule has 1 aromatic carbocycles. The van der Waals surface area contributed by atoms with Gasteiger partial charge in [0.15, 0.2) is 11.2 Å². The molecule has 0 unspecified atom stereocenters. The van der Waals surface area contributed by atoms with E-state index in [2.05, 4.69) is 16.9 Å². The second-order valence-corrected chi connectivity index (χ2v) is 8.11. The molecule has 8 nitrogen and oxygen atoms in total. The molecule has 0 aliphatic rings. The van der Waals surface area contributed by atoms with Crippen LogP contribution in [-0.2, 0) is 24.3 Å². The Bertz CT molecular complexity index is 1170. The Morgan fingerprint density at radius 3 is 2.38 bits per heavy atom. The standard InChI is InChI=1S/C24H32N4O4/c1-4-6-8-16-27-19(13-14-20(29)32-18-11-9-17(3)10-12-18)25-22-21(27)23(30)26-24(31)28(22)15-7-5-2/h9-12H,4-8,13-16H2,1-3H3,(H,26,30,31). The summed E-state index contributed by atoms with van der Waals surface area (Å²) in [7, 11) is 0. The summed E-state index contributed by atoms with van der Waals surface area (Å²) >= 11 is 0. The molecule has 0 saturated carbocycles. The Morgan fingerprint density at radius 2 is 1.69 bits per heavy atom. The van der Waals surface area contributed by atoms with E-state index in [0.29, 0.717) is 42.2 Å². The summed E-state index contributed by atoms with van der Waals surface area (Å²) in [6, 6.07) is 7.30. The third kappa shape index (κ3) is 5.55. The molecule has 0 spiro atoms. The number of rotatable bonds is 11. The zero-order chi connectivity index (χ0) is 23.1. The Kier molecular flexibility index (Phi) is 8.03. The first-order chi connectivity index (χ1) is 15.4. The maximum Gasteiger partial charge on any atom is 0.330 e. The van der Waals surface area contributed by atoms with E-state index >= 15 is 0 Å². The Morgan fingerprint density at radius 1 is 1.00 bits per heavy atom. The smallest absolute Gasteiger partial charge is 0.330 e. The quantitative estimate of drug-likeness (QED) is 0.278. The molecule has 0 aliphatic heterocycles. The van der Waals surface area contributed by atoms with Gasteiger partial charge < -0.3 is 9.30 Å². The molecule has 0 radical (unpaired) electrons. The van der Waals surface area contributed by atoms with Gasteiger partial charge in [0.05, 0.1) is 6.42 Å². The van der Waals surface area contributed by atoms with Gasteiger partial charge >= 0.3 is 11.7 Å². The lowest BCUT2D eigenvalue weighted by Crippen LogP contribution is -2.31. The number of hydrogen-bond donors (Lipinski definition) is 1. The molecule has 3 rings (SSSR count). The van der Waals surface area contributed by atoms with E-state index in [1.807, 2.05) is 30.5 Å². The summed E-state index contributed by atoms with van der Waals surface area (Å²) in [5.41, 5.74) is 1.00. The predicted molar refractivity (Wildman–Crippen MR) is 124 cm³/mol. The fourth-order valence-electron chi connectivity index (χ4n) is 3.70. The predicted octanol–water partition coefficient (Wildman–Crippen LogP) is 3.72. The molecule has 0 aliphatic carbocycles. The zero-order valence-corrected chi connectivity index (χ0v) is 19.1. The van der Waals surface area contributed by atoms with Crippen LogP contribution in [0.2, 0.25) is 0 Å². The highest BCUT2D eigenvalue weighted by atomic mass is 16.5. The highest BCUT2D eigenvalue weighted by Crippen LogP contribution is 2.17. The molecule has 3 aromatic rings. The summed E-state index contributed by atoms with van der Waals surface area (Å²) in [6.45, 7) is 7.23. The van der Waals surface area contributed by atoms with Crippen molar-refractivity contribution in [2.45, 2.75) is 78.8 Å². The maximum atomic E-state index is 12.7. The maximum absolute atomic E-state index is 12.7. The first-order valence-electron chi connectivity index (χ1n) is 11.4. The van der Waals surface area contributed by atoms with Gasteiger partial charge in [-0.3, -0.25) is 19.1 Å². The third-order valence-corrected chi connectivity index (χ3v) is 5.49. The fourth-order valence-corrected chi connectivity index (χ4v) is 3.70. The molecule has 2 heterocycles. The van der Waals surface area contributed by atoms with Crippen molar-refractivity contribution < 1.29 is 9.53 Å². The van der Waals surface area contributed by atoms with Gasteiger partial charge in [-0.15, -0.1) is 0 Å². The molecule has 0 saturated heterocycles. The minimum absolute atomic E-state index is 0.127. The fraction of sp³-hybridized carbons (Fsp3) is 0.500. The Balaban J connectivity index is 1.89. The molecular weight excluding hydrogens is 408 g/mol. The second-order valence-electron chi connectivity index (χ2n) is 8.11. The zero-order valence-electron chi connectivity index (χ0n) is 19.1. The van der Waals surface area contributed by atoms with Crippen molar-refractivity contribution in [1.29, 1.82) is 0 Å². The Hall–Kier alpha value is -3.16. The van der Waals surface area contributed by atoms with E-state index in [0.717, 1.165) is 37.7 Å². The number of nitrogens with zero attached hydrogens (tertiary/aromatic N) is 3. The number of unbranched alkanes of at least 4 members (excludes halogenated alkanes) is 3. The molecule has 172 valence electrons. The van der Waals surface area contributed by atoms with Crippen LogP contribution in [-0.4, -0.2) is 25.1 Å². The summed E-state index contributed by atoms with van der Waals surface area (Å²) in [5, 5.41) is 0. The van der Waals surface area contributed by atoms with E-state index < -0.39 is 11.2 Å². The lowest BCUT2D eigenvalue weighted by atomic mass is 10.2. The van der Waals surface area contributed by atoms with E-state index in [4.69, 9.17) is 4.74 Å². The van der Waals surface area contributed by atoms with Crippen molar-refractivity contribution in [3.63, 3.8) is 0 Å². The topological polar surface area (TPSA) is 99.0 Å². The summed E-state index contributed by atoms with van der Waals surface area (Å²) in [5.74, 6) is 0.763. The molecule has 0 bridgehead atoms. The number of hydrogen-bond acceptors (Lipinski definition) is 5. The van der Waals surface area contributed by atoms with E-state index in [1.165, 1.54) is 4.57 Å². The van der Waals surface area contributed by atoms with Crippen molar-refractivity contribution in [3.8, 4) is 5.75 Å². The van der Waals surface area contributed by atoms with Gasteiger partial charge in [0.2, 0.25) is 0 Å². The van der Waals surface area contributed by atoms with Gasteiger partial charge in [-0.05, 0) is 31.9 Å². The van der Waals surface area contributed by atoms with Gasteiger partial charge in [0.25, 0.3) is 5.56 Å². The lowest BCUT2D eigenvalue weighted by molar-refractivity contribution is -0.134. The monoisotopic (exact) mass is 440 g/mol. The van der Waals surface area contributed by atoms with E-state index in [-0.39, 0.29) is 12.4 Å². The van der Waals surface area contributed by atoms with Crippen LogP contribution in [0.3, 0.4) is 0 Å². The number of nitrogens with one attached hydrogen (secondary N) is 1. The van der Waals surface area contributed by atoms with Gasteiger partial charge in [-0.2, -0.15) is 0 Å². The van der Waals surface area contributed by atoms with Crippen molar-refractivity contribution in [2.24, 2.45) is 0 Å². The SMILES string of the molecule is CCCCCn1c(CCC(=O)Oc2ccc(C)cc2)nc2c1c(=O)[nH]c(=O)n2CCCC. The molecule has 8 heteroatoms. The van der Waals surface area contributed by atoms with E-state index in [9.17, 15) is 14.4 Å². The van der Waals surface area contributed by atoms with Gasteiger partial charge in [0, 0.05) is 19.5 Å². The van der Waals surface area contributed by atoms with Crippen LogP contribution in [0.15, 0.2) is 33.9 Å². The van der Waals surface area contributed by atoms with Crippen LogP contribution >= 0.6 is 0 Å². The number of esters is 1. The largest absolute Gasteiger partial charge is 0.427 e. The molecule has 0 fully saturated rings. The summed E-state index contributed by atoms with van der Waals surface area (Å²) in [6.07, 6.45) is 5.12. The van der Waals surface area contributed by atoms with Crippen molar-refractivity contribution in [1.82, 2.24) is 19.1 Å². The van der Waals surface area contributed by atoms with Crippen LogP contribution in [0.25, 0.3) is 11.2 Å². The number of imidazole rings is 1. The number of H-pyrrole nitrogens is 1. The average molecular weight is 441 g/mol. The number of aryl methyl sites for hydroxylation is 4. The van der Waals surface area contributed by atoms with Crippen LogP contribution in [0, 0.1) is 6.92 Å². The van der Waals surface area contributed by atoms with Crippen LogP contribution in [0.4, 0.5) is 0 Å². The van der Waals surface area contributed by atoms with Crippen molar-refractivity contribution in [2.75, 3.05) is 0 Å². The van der Waals surface area contributed by atoms with E-state index in [1.54, 1.807) is 12.1 Å². The number of carbonyl (C=O) groups excluding carboxylic acids is 1. The number of benzene rings is 1. The first-order valence-corrected chi connectivity index (χ1v) is 11.4. The van der Waals surface area contributed by atoms with Gasteiger partial charge in [-0.25, -0.2) is 9.78 Å². The van der Waals surface area contributed by atoms with Crippen LogP contribution in [0.1, 0.15) is 63.8 Å². The molecule has 1 N–H and O–H groups in total. The lowest BCUT2D eigenvalue weighted by Gasteiger charge is -2.09.